The van der Waals surface area contributed by atoms with Crippen molar-refractivity contribution in [1.29, 1.82) is 0 Å². The molecule has 4 nitrogen and oxygen atoms in total. The third-order valence-corrected chi connectivity index (χ3v) is 3.53. The molecule has 0 spiro atoms. The summed E-state index contributed by atoms with van der Waals surface area (Å²) in [4.78, 5) is 18.9. The Morgan fingerprint density at radius 3 is 2.95 bits per heavy atom. The lowest BCUT2D eigenvalue weighted by molar-refractivity contribution is 0.899. The molecule has 4 heteroatoms. The van der Waals surface area contributed by atoms with Crippen molar-refractivity contribution < 1.29 is 0 Å². The third kappa shape index (κ3) is 3.26. The van der Waals surface area contributed by atoms with Crippen LogP contribution in [-0.4, -0.2) is 16.5 Å². The first-order valence-corrected chi connectivity index (χ1v) is 7.11. The number of H-pyrrole nitrogens is 1. The van der Waals surface area contributed by atoms with Crippen LogP contribution >= 0.6 is 0 Å². The summed E-state index contributed by atoms with van der Waals surface area (Å²) >= 11 is 0. The highest BCUT2D eigenvalue weighted by atomic mass is 16.1. The van der Waals surface area contributed by atoms with E-state index in [0.717, 1.165) is 31.6 Å². The Bertz CT molecular complexity index is 659. The lowest BCUT2D eigenvalue weighted by Crippen LogP contribution is -2.14. The van der Waals surface area contributed by atoms with Gasteiger partial charge in [0.05, 0.1) is 0 Å². The van der Waals surface area contributed by atoms with Crippen LogP contribution < -0.4 is 10.9 Å². The molecule has 1 aromatic carbocycles. The van der Waals surface area contributed by atoms with Crippen molar-refractivity contribution in [3.05, 3.63) is 57.6 Å². The fourth-order valence-electron chi connectivity index (χ4n) is 2.32. The van der Waals surface area contributed by atoms with E-state index in [1.165, 1.54) is 17.2 Å². The fourth-order valence-corrected chi connectivity index (χ4v) is 2.32. The first-order valence-electron chi connectivity index (χ1n) is 7.11. The topological polar surface area (TPSA) is 57.8 Å². The highest BCUT2D eigenvalue weighted by Gasteiger charge is 2.26. The summed E-state index contributed by atoms with van der Waals surface area (Å²) in [5.74, 6) is 1.97. The molecular formula is C16H19N3O. The molecule has 0 unspecified atom stereocenters. The number of aryl methyl sites for hydroxylation is 1. The zero-order valence-electron chi connectivity index (χ0n) is 11.6. The molecule has 20 heavy (non-hydrogen) atoms. The average molecular weight is 269 g/mol. The maximum absolute atomic E-state index is 11.6. The summed E-state index contributed by atoms with van der Waals surface area (Å²) in [6, 6.07) is 10.00. The van der Waals surface area contributed by atoms with Crippen molar-refractivity contribution >= 4 is 5.82 Å². The summed E-state index contributed by atoms with van der Waals surface area (Å²) in [5.41, 5.74) is 2.50. The van der Waals surface area contributed by atoms with Crippen molar-refractivity contribution in [2.45, 2.75) is 32.1 Å². The van der Waals surface area contributed by atoms with E-state index in [9.17, 15) is 4.79 Å². The Balaban J connectivity index is 1.62. The van der Waals surface area contributed by atoms with Crippen molar-refractivity contribution in [1.82, 2.24) is 9.97 Å². The number of nitrogens with zero attached hydrogens (tertiary/aromatic N) is 1. The molecule has 2 N–H and O–H groups in total. The second-order valence-electron chi connectivity index (χ2n) is 5.46. The molecule has 1 aromatic heterocycles. The van der Waals surface area contributed by atoms with E-state index in [1.54, 1.807) is 0 Å². The average Bonchev–Trinajstić information content (AvgIpc) is 3.22. The van der Waals surface area contributed by atoms with Crippen LogP contribution in [0.5, 0.6) is 0 Å². The first-order chi connectivity index (χ1) is 9.70. The summed E-state index contributed by atoms with van der Waals surface area (Å²) in [7, 11) is 0. The number of hydrogen-bond donors (Lipinski definition) is 2. The highest BCUT2D eigenvalue weighted by molar-refractivity contribution is 5.34. The van der Waals surface area contributed by atoms with E-state index in [1.807, 2.05) is 0 Å². The summed E-state index contributed by atoms with van der Waals surface area (Å²) in [6.45, 7) is 2.88. The van der Waals surface area contributed by atoms with Crippen LogP contribution in [0.15, 0.2) is 35.1 Å². The molecule has 0 atom stereocenters. The van der Waals surface area contributed by atoms with E-state index in [2.05, 4.69) is 46.5 Å². The zero-order chi connectivity index (χ0) is 13.9. The molecule has 1 saturated carbocycles. The fraction of sp³-hybridized carbons (Fsp3) is 0.375. The number of anilines is 1. The molecule has 3 rings (SSSR count). The van der Waals surface area contributed by atoms with Crippen molar-refractivity contribution in [3.63, 3.8) is 0 Å². The molecular weight excluding hydrogens is 250 g/mol. The van der Waals surface area contributed by atoms with Gasteiger partial charge in [0.25, 0.3) is 5.56 Å². The summed E-state index contributed by atoms with van der Waals surface area (Å²) in [5, 5.41) is 3.25. The number of benzene rings is 1. The minimum atomic E-state index is -0.0695. The van der Waals surface area contributed by atoms with Gasteiger partial charge in [-0.25, -0.2) is 4.98 Å². The Morgan fingerprint density at radius 1 is 1.35 bits per heavy atom. The SMILES string of the molecule is Cc1cccc(CCNc2cc(=O)[nH]c(C3CC3)n2)c1. The van der Waals surface area contributed by atoms with Gasteiger partial charge in [-0.1, -0.05) is 29.8 Å². The van der Waals surface area contributed by atoms with Gasteiger partial charge in [-0.05, 0) is 31.7 Å². The molecule has 1 heterocycles. The maximum atomic E-state index is 11.6. The highest BCUT2D eigenvalue weighted by Crippen LogP contribution is 2.37. The lowest BCUT2D eigenvalue weighted by Gasteiger charge is -2.07. The second kappa shape index (κ2) is 5.49. The standard InChI is InChI=1S/C16H19N3O/c1-11-3-2-4-12(9-11)7-8-17-14-10-15(20)19-16(18-14)13-5-6-13/h2-4,9-10,13H,5-8H2,1H3,(H2,17,18,19,20). The maximum Gasteiger partial charge on any atom is 0.252 e. The number of hydrogen-bond acceptors (Lipinski definition) is 3. The van der Waals surface area contributed by atoms with Crippen LogP contribution in [0.3, 0.4) is 0 Å². The van der Waals surface area contributed by atoms with Crippen molar-refractivity contribution in [2.24, 2.45) is 0 Å². The van der Waals surface area contributed by atoms with Crippen LogP contribution in [0, 0.1) is 6.92 Å². The van der Waals surface area contributed by atoms with Gasteiger partial charge in [0.1, 0.15) is 11.6 Å². The summed E-state index contributed by atoms with van der Waals surface area (Å²) < 4.78 is 0. The lowest BCUT2D eigenvalue weighted by atomic mass is 10.1. The quantitative estimate of drug-likeness (QED) is 0.877. The van der Waals surface area contributed by atoms with E-state index in [0.29, 0.717) is 11.7 Å². The molecule has 0 radical (unpaired) electrons. The van der Waals surface area contributed by atoms with E-state index < -0.39 is 0 Å². The van der Waals surface area contributed by atoms with Gasteiger partial charge in [-0.3, -0.25) is 4.79 Å². The van der Waals surface area contributed by atoms with Gasteiger partial charge < -0.3 is 10.3 Å². The van der Waals surface area contributed by atoms with E-state index in [-0.39, 0.29) is 5.56 Å². The van der Waals surface area contributed by atoms with Crippen LogP contribution in [-0.2, 0) is 6.42 Å². The molecule has 1 fully saturated rings. The Hall–Kier alpha value is -2.10. The molecule has 104 valence electrons. The normalized spacial score (nSPS) is 14.2. The smallest absolute Gasteiger partial charge is 0.252 e. The Morgan fingerprint density at radius 2 is 2.20 bits per heavy atom. The van der Waals surface area contributed by atoms with Gasteiger partial charge in [0.15, 0.2) is 0 Å². The first kappa shape index (κ1) is 12.9. The van der Waals surface area contributed by atoms with Gasteiger partial charge in [-0.15, -0.1) is 0 Å². The van der Waals surface area contributed by atoms with E-state index in [4.69, 9.17) is 0 Å². The van der Waals surface area contributed by atoms with Gasteiger partial charge in [-0.2, -0.15) is 0 Å². The van der Waals surface area contributed by atoms with Crippen LogP contribution in [0.25, 0.3) is 0 Å². The second-order valence-corrected chi connectivity index (χ2v) is 5.46. The van der Waals surface area contributed by atoms with Crippen LogP contribution in [0.4, 0.5) is 5.82 Å². The third-order valence-electron chi connectivity index (χ3n) is 3.53. The molecule has 0 saturated heterocycles. The van der Waals surface area contributed by atoms with Crippen LogP contribution in [0.1, 0.15) is 35.7 Å². The molecule has 0 aliphatic heterocycles. The number of nitrogens with one attached hydrogen (secondary N) is 2. The van der Waals surface area contributed by atoms with Gasteiger partial charge >= 0.3 is 0 Å². The molecule has 0 amide bonds. The predicted molar refractivity (Wildman–Crippen MR) is 80.2 cm³/mol. The van der Waals surface area contributed by atoms with Crippen molar-refractivity contribution in [2.75, 3.05) is 11.9 Å². The van der Waals surface area contributed by atoms with Gasteiger partial charge in [0.2, 0.25) is 0 Å². The number of aromatic amines is 1. The van der Waals surface area contributed by atoms with E-state index >= 15 is 0 Å². The Labute approximate surface area is 118 Å². The van der Waals surface area contributed by atoms with Crippen LogP contribution in [0.2, 0.25) is 0 Å². The molecule has 1 aliphatic rings. The largest absolute Gasteiger partial charge is 0.370 e. The minimum Gasteiger partial charge on any atom is -0.370 e. The number of rotatable bonds is 5. The molecule has 2 aromatic rings. The predicted octanol–water partition coefficient (Wildman–Crippen LogP) is 2.61. The van der Waals surface area contributed by atoms with Gasteiger partial charge in [0, 0.05) is 18.5 Å². The molecule has 1 aliphatic carbocycles. The minimum absolute atomic E-state index is 0.0695. The molecule has 0 bridgehead atoms. The van der Waals surface area contributed by atoms with Crippen molar-refractivity contribution in [3.8, 4) is 0 Å². The monoisotopic (exact) mass is 269 g/mol. The zero-order valence-corrected chi connectivity index (χ0v) is 11.6. The Kier molecular flexibility index (Phi) is 3.54. The summed E-state index contributed by atoms with van der Waals surface area (Å²) in [6.07, 6.45) is 3.19. The number of aromatic nitrogens is 2.